The van der Waals surface area contributed by atoms with Gasteiger partial charge in [-0.05, 0) is 31.6 Å². The van der Waals surface area contributed by atoms with Crippen LogP contribution in [0.15, 0.2) is 0 Å². The molecule has 18 heavy (non-hydrogen) atoms. The molecule has 0 radical (unpaired) electrons. The second kappa shape index (κ2) is 6.73. The number of hydrogen-bond acceptors (Lipinski definition) is 3. The van der Waals surface area contributed by atoms with Crippen molar-refractivity contribution in [3.05, 3.63) is 0 Å². The lowest BCUT2D eigenvalue weighted by molar-refractivity contribution is -0.122. The molecule has 1 aliphatic rings. The average Bonchev–Trinajstić information content (AvgIpc) is 2.28. The van der Waals surface area contributed by atoms with Gasteiger partial charge < -0.3 is 5.73 Å². The molecule has 1 unspecified atom stereocenters. The maximum atomic E-state index is 11.8. The van der Waals surface area contributed by atoms with Crippen LogP contribution >= 0.6 is 11.6 Å². The van der Waals surface area contributed by atoms with Crippen molar-refractivity contribution in [2.45, 2.75) is 38.6 Å². The van der Waals surface area contributed by atoms with Crippen molar-refractivity contribution in [1.82, 2.24) is 4.72 Å². The van der Waals surface area contributed by atoms with Gasteiger partial charge in [0.25, 0.3) is 0 Å². The summed E-state index contributed by atoms with van der Waals surface area (Å²) in [5.74, 6) is -0.0765. The number of carbonyl (C=O) groups excluding carboxylic acids is 1. The first-order valence-electron chi connectivity index (χ1n) is 6.19. The van der Waals surface area contributed by atoms with E-state index in [1.807, 2.05) is 0 Å². The zero-order chi connectivity index (χ0) is 13.8. The monoisotopic (exact) mass is 296 g/mol. The van der Waals surface area contributed by atoms with E-state index < -0.39 is 10.0 Å². The topological polar surface area (TPSA) is 89.3 Å². The molecule has 1 atom stereocenters. The predicted molar refractivity (Wildman–Crippen MR) is 71.7 cm³/mol. The molecule has 0 aromatic heterocycles. The van der Waals surface area contributed by atoms with Gasteiger partial charge in [0.2, 0.25) is 15.9 Å². The fourth-order valence-corrected chi connectivity index (χ4v) is 4.16. The van der Waals surface area contributed by atoms with Crippen LogP contribution < -0.4 is 10.5 Å². The SMILES string of the molecule is CC(CCl)CS(=O)(=O)NC1CCC(C(N)=O)CC1. The Morgan fingerprint density at radius 1 is 1.39 bits per heavy atom. The summed E-state index contributed by atoms with van der Waals surface area (Å²) in [4.78, 5) is 11.0. The molecule has 0 bridgehead atoms. The summed E-state index contributed by atoms with van der Waals surface area (Å²) < 4.78 is 26.3. The number of halogens is 1. The molecule has 0 saturated heterocycles. The number of sulfonamides is 1. The number of rotatable bonds is 6. The average molecular weight is 297 g/mol. The molecule has 7 heteroatoms. The largest absolute Gasteiger partial charge is 0.369 e. The summed E-state index contributed by atoms with van der Waals surface area (Å²) in [6.45, 7) is 1.80. The van der Waals surface area contributed by atoms with Gasteiger partial charge in [0.1, 0.15) is 0 Å². The number of alkyl halides is 1. The summed E-state index contributed by atoms with van der Waals surface area (Å²) in [7, 11) is -3.28. The molecule has 106 valence electrons. The minimum Gasteiger partial charge on any atom is -0.369 e. The van der Waals surface area contributed by atoms with Gasteiger partial charge in [-0.1, -0.05) is 6.92 Å². The van der Waals surface area contributed by atoms with E-state index in [9.17, 15) is 13.2 Å². The van der Waals surface area contributed by atoms with Crippen LogP contribution in [0.1, 0.15) is 32.6 Å². The van der Waals surface area contributed by atoms with E-state index in [0.29, 0.717) is 31.6 Å². The highest BCUT2D eigenvalue weighted by molar-refractivity contribution is 7.89. The van der Waals surface area contributed by atoms with Gasteiger partial charge in [-0.3, -0.25) is 4.79 Å². The first-order chi connectivity index (χ1) is 8.34. The Labute approximate surface area is 113 Å². The van der Waals surface area contributed by atoms with Gasteiger partial charge in [-0.25, -0.2) is 13.1 Å². The highest BCUT2D eigenvalue weighted by Gasteiger charge is 2.27. The van der Waals surface area contributed by atoms with Crippen molar-refractivity contribution in [3.63, 3.8) is 0 Å². The van der Waals surface area contributed by atoms with Crippen LogP contribution in [0, 0.1) is 11.8 Å². The van der Waals surface area contributed by atoms with Gasteiger partial charge in [0, 0.05) is 17.8 Å². The van der Waals surface area contributed by atoms with Crippen molar-refractivity contribution in [2.24, 2.45) is 17.6 Å². The number of primary amides is 1. The molecule has 1 amide bonds. The molecule has 0 aromatic rings. The van der Waals surface area contributed by atoms with Crippen molar-refractivity contribution in [2.75, 3.05) is 11.6 Å². The second-order valence-corrected chi connectivity index (χ2v) is 7.22. The third kappa shape index (κ3) is 5.12. The Morgan fingerprint density at radius 3 is 2.39 bits per heavy atom. The molecule has 1 saturated carbocycles. The lowest BCUT2D eigenvalue weighted by Gasteiger charge is -2.27. The van der Waals surface area contributed by atoms with Crippen LogP contribution in [0.2, 0.25) is 0 Å². The zero-order valence-electron chi connectivity index (χ0n) is 10.6. The lowest BCUT2D eigenvalue weighted by Crippen LogP contribution is -2.41. The molecular formula is C11H21ClN2O3S. The Hall–Kier alpha value is -0.330. The van der Waals surface area contributed by atoms with Crippen LogP contribution in [0.4, 0.5) is 0 Å². The van der Waals surface area contributed by atoms with Gasteiger partial charge in [-0.15, -0.1) is 11.6 Å². The predicted octanol–water partition coefficient (Wildman–Crippen LogP) is 0.825. The van der Waals surface area contributed by atoms with E-state index in [-0.39, 0.29) is 29.5 Å². The van der Waals surface area contributed by atoms with E-state index in [2.05, 4.69) is 4.72 Å². The summed E-state index contributed by atoms with van der Waals surface area (Å²) in [5, 5.41) is 0. The summed E-state index contributed by atoms with van der Waals surface area (Å²) in [6.07, 6.45) is 2.66. The molecule has 1 rings (SSSR count). The maximum absolute atomic E-state index is 11.8. The van der Waals surface area contributed by atoms with Gasteiger partial charge >= 0.3 is 0 Å². The highest BCUT2D eigenvalue weighted by Crippen LogP contribution is 2.24. The van der Waals surface area contributed by atoms with E-state index in [4.69, 9.17) is 17.3 Å². The summed E-state index contributed by atoms with van der Waals surface area (Å²) in [5.41, 5.74) is 5.23. The van der Waals surface area contributed by atoms with Gasteiger partial charge in [-0.2, -0.15) is 0 Å². The molecule has 1 fully saturated rings. The lowest BCUT2D eigenvalue weighted by atomic mass is 9.86. The molecule has 0 aromatic carbocycles. The molecule has 0 heterocycles. The summed E-state index contributed by atoms with van der Waals surface area (Å²) in [6, 6.07) is -0.0758. The van der Waals surface area contributed by atoms with E-state index in [1.165, 1.54) is 0 Å². The number of nitrogens with two attached hydrogens (primary N) is 1. The minimum absolute atomic E-state index is 0.0479. The molecule has 5 nitrogen and oxygen atoms in total. The third-order valence-corrected chi connectivity index (χ3v) is 5.47. The Bertz CT molecular complexity index is 378. The van der Waals surface area contributed by atoms with E-state index in [0.717, 1.165) is 0 Å². The van der Waals surface area contributed by atoms with Crippen molar-refractivity contribution >= 4 is 27.5 Å². The van der Waals surface area contributed by atoms with Gasteiger partial charge in [0.15, 0.2) is 0 Å². The Balaban J connectivity index is 2.43. The normalized spacial score (nSPS) is 26.8. The van der Waals surface area contributed by atoms with Crippen LogP contribution in [-0.4, -0.2) is 32.0 Å². The minimum atomic E-state index is -3.28. The molecule has 1 aliphatic carbocycles. The molecule has 0 aliphatic heterocycles. The third-order valence-electron chi connectivity index (χ3n) is 3.24. The fourth-order valence-electron chi connectivity index (χ4n) is 2.22. The van der Waals surface area contributed by atoms with Crippen LogP contribution in [0.5, 0.6) is 0 Å². The molecule has 3 N–H and O–H groups in total. The zero-order valence-corrected chi connectivity index (χ0v) is 12.1. The van der Waals surface area contributed by atoms with Crippen LogP contribution in [0.3, 0.4) is 0 Å². The van der Waals surface area contributed by atoms with Crippen molar-refractivity contribution in [3.8, 4) is 0 Å². The van der Waals surface area contributed by atoms with Crippen LogP contribution in [0.25, 0.3) is 0 Å². The fraction of sp³-hybridized carbons (Fsp3) is 0.909. The van der Waals surface area contributed by atoms with E-state index >= 15 is 0 Å². The number of carbonyl (C=O) groups is 1. The van der Waals surface area contributed by atoms with Crippen molar-refractivity contribution in [1.29, 1.82) is 0 Å². The van der Waals surface area contributed by atoms with Crippen LogP contribution in [-0.2, 0) is 14.8 Å². The number of nitrogens with one attached hydrogen (secondary N) is 1. The summed E-state index contributed by atoms with van der Waals surface area (Å²) >= 11 is 5.61. The first kappa shape index (κ1) is 15.7. The number of amides is 1. The Morgan fingerprint density at radius 2 is 1.94 bits per heavy atom. The first-order valence-corrected chi connectivity index (χ1v) is 8.38. The smallest absolute Gasteiger partial charge is 0.220 e. The maximum Gasteiger partial charge on any atom is 0.220 e. The number of hydrogen-bond donors (Lipinski definition) is 2. The highest BCUT2D eigenvalue weighted by atomic mass is 35.5. The standard InChI is InChI=1S/C11H21ClN2O3S/c1-8(6-12)7-18(16,17)14-10-4-2-9(3-5-10)11(13)15/h8-10,14H,2-7H2,1H3,(H2,13,15). The second-order valence-electron chi connectivity index (χ2n) is 5.11. The molecule has 0 spiro atoms. The van der Waals surface area contributed by atoms with Gasteiger partial charge in [0.05, 0.1) is 5.75 Å². The quantitative estimate of drug-likeness (QED) is 0.711. The Kier molecular flexibility index (Phi) is 5.88. The van der Waals surface area contributed by atoms with Crippen molar-refractivity contribution < 1.29 is 13.2 Å². The molecular weight excluding hydrogens is 276 g/mol. The van der Waals surface area contributed by atoms with E-state index in [1.54, 1.807) is 6.92 Å².